The van der Waals surface area contributed by atoms with Gasteiger partial charge in [-0.3, -0.25) is 4.68 Å². The predicted molar refractivity (Wildman–Crippen MR) is 63.2 cm³/mol. The average Bonchev–Trinajstić information content (AvgIpc) is 2.72. The fraction of sp³-hybridized carbons (Fsp3) is 0.167. The number of anilines is 1. The Morgan fingerprint density at radius 1 is 1.47 bits per heavy atom. The number of ether oxygens (including phenoxy) is 1. The number of hydrogen-bond donors (Lipinski definition) is 1. The third-order valence-electron chi connectivity index (χ3n) is 2.24. The highest BCUT2D eigenvalue weighted by Gasteiger charge is 2.08. The van der Waals surface area contributed by atoms with Gasteiger partial charge in [-0.25, -0.2) is 4.79 Å². The summed E-state index contributed by atoms with van der Waals surface area (Å²) < 4.78 is 6.77. The zero-order chi connectivity index (χ0) is 12.3. The molecular weight excluding hydrogens is 218 g/mol. The normalized spacial score (nSPS) is 10.2. The second-order valence-corrected chi connectivity index (χ2v) is 3.68. The van der Waals surface area contributed by atoms with Crippen LogP contribution in [0.5, 0.6) is 0 Å². The van der Waals surface area contributed by atoms with E-state index in [2.05, 4.69) is 5.10 Å². The molecule has 0 bridgehead atoms. The number of esters is 1. The summed E-state index contributed by atoms with van der Waals surface area (Å²) in [5, 5.41) is 4.11. The Bertz CT molecular complexity index is 534. The molecule has 0 unspecified atom stereocenters. The molecule has 1 aromatic heterocycles. The Hall–Kier alpha value is -2.30. The minimum absolute atomic E-state index is 0.161. The molecule has 0 saturated carbocycles. The van der Waals surface area contributed by atoms with E-state index >= 15 is 0 Å². The third-order valence-corrected chi connectivity index (χ3v) is 2.24. The van der Waals surface area contributed by atoms with Crippen LogP contribution in [0.3, 0.4) is 0 Å². The van der Waals surface area contributed by atoms with Crippen molar-refractivity contribution in [1.82, 2.24) is 9.78 Å². The van der Waals surface area contributed by atoms with E-state index in [0.717, 1.165) is 0 Å². The molecule has 0 fully saturated rings. The largest absolute Gasteiger partial charge is 0.456 e. The van der Waals surface area contributed by atoms with Gasteiger partial charge in [-0.1, -0.05) is 6.07 Å². The first kappa shape index (κ1) is 11.2. The van der Waals surface area contributed by atoms with Crippen LogP contribution < -0.4 is 5.73 Å². The van der Waals surface area contributed by atoms with Crippen molar-refractivity contribution >= 4 is 11.7 Å². The van der Waals surface area contributed by atoms with Gasteiger partial charge < -0.3 is 10.5 Å². The zero-order valence-electron chi connectivity index (χ0n) is 9.46. The van der Waals surface area contributed by atoms with E-state index in [4.69, 9.17) is 10.5 Å². The SMILES string of the molecule is Cn1ccc(COC(=O)c2cccc(N)c2)n1. The molecule has 0 aliphatic rings. The van der Waals surface area contributed by atoms with Gasteiger partial charge in [0.2, 0.25) is 0 Å². The van der Waals surface area contributed by atoms with Gasteiger partial charge >= 0.3 is 5.97 Å². The quantitative estimate of drug-likeness (QED) is 0.639. The number of benzene rings is 1. The number of nitrogens with zero attached hydrogens (tertiary/aromatic N) is 2. The number of carbonyl (C=O) groups excluding carboxylic acids is 1. The van der Waals surface area contributed by atoms with Crippen LogP contribution in [0.1, 0.15) is 16.1 Å². The lowest BCUT2D eigenvalue weighted by Crippen LogP contribution is -2.06. The molecular formula is C12H13N3O2. The first-order valence-electron chi connectivity index (χ1n) is 5.16. The van der Waals surface area contributed by atoms with E-state index < -0.39 is 5.97 Å². The minimum atomic E-state index is -0.400. The number of nitrogens with two attached hydrogens (primary N) is 1. The lowest BCUT2D eigenvalue weighted by atomic mass is 10.2. The maximum Gasteiger partial charge on any atom is 0.338 e. The van der Waals surface area contributed by atoms with Crippen LogP contribution in [0.15, 0.2) is 36.5 Å². The van der Waals surface area contributed by atoms with E-state index in [-0.39, 0.29) is 6.61 Å². The van der Waals surface area contributed by atoms with E-state index in [1.165, 1.54) is 0 Å². The van der Waals surface area contributed by atoms with Crippen molar-refractivity contribution in [2.75, 3.05) is 5.73 Å². The van der Waals surface area contributed by atoms with Gasteiger partial charge in [-0.05, 0) is 24.3 Å². The average molecular weight is 231 g/mol. The van der Waals surface area contributed by atoms with Gasteiger partial charge in [0.05, 0.1) is 11.3 Å². The smallest absolute Gasteiger partial charge is 0.338 e. The molecule has 0 aliphatic carbocycles. The molecule has 2 N–H and O–H groups in total. The zero-order valence-corrected chi connectivity index (χ0v) is 9.46. The first-order valence-corrected chi connectivity index (χ1v) is 5.16. The second kappa shape index (κ2) is 4.69. The molecule has 0 saturated heterocycles. The number of nitrogen functional groups attached to an aromatic ring is 1. The van der Waals surface area contributed by atoms with Crippen molar-refractivity contribution < 1.29 is 9.53 Å². The third kappa shape index (κ3) is 2.84. The molecule has 1 aromatic carbocycles. The summed E-state index contributed by atoms with van der Waals surface area (Å²) >= 11 is 0. The lowest BCUT2D eigenvalue weighted by Gasteiger charge is -2.03. The van der Waals surface area contributed by atoms with Gasteiger partial charge in [0.25, 0.3) is 0 Å². The monoisotopic (exact) mass is 231 g/mol. The number of hydrogen-bond acceptors (Lipinski definition) is 4. The van der Waals surface area contributed by atoms with Crippen molar-refractivity contribution in [3.05, 3.63) is 47.8 Å². The van der Waals surface area contributed by atoms with Crippen LogP contribution in [-0.4, -0.2) is 15.7 Å². The molecule has 0 spiro atoms. The molecule has 0 amide bonds. The number of aromatic nitrogens is 2. The molecule has 17 heavy (non-hydrogen) atoms. The molecule has 2 aromatic rings. The van der Waals surface area contributed by atoms with E-state index in [1.807, 2.05) is 7.05 Å². The lowest BCUT2D eigenvalue weighted by molar-refractivity contribution is 0.0467. The van der Waals surface area contributed by atoms with Crippen molar-refractivity contribution in [3.63, 3.8) is 0 Å². The Kier molecular flexibility index (Phi) is 3.09. The summed E-state index contributed by atoms with van der Waals surface area (Å²) in [7, 11) is 1.81. The fourth-order valence-electron chi connectivity index (χ4n) is 1.43. The Labute approximate surface area is 98.8 Å². The van der Waals surface area contributed by atoms with Crippen LogP contribution >= 0.6 is 0 Å². The number of carbonyl (C=O) groups is 1. The highest BCUT2D eigenvalue weighted by Crippen LogP contribution is 2.09. The summed E-state index contributed by atoms with van der Waals surface area (Å²) in [6, 6.07) is 8.48. The van der Waals surface area contributed by atoms with Gasteiger partial charge in [0.15, 0.2) is 0 Å². The van der Waals surface area contributed by atoms with Crippen molar-refractivity contribution in [1.29, 1.82) is 0 Å². The van der Waals surface area contributed by atoms with Crippen molar-refractivity contribution in [2.45, 2.75) is 6.61 Å². The van der Waals surface area contributed by atoms with Gasteiger partial charge in [-0.2, -0.15) is 5.10 Å². The topological polar surface area (TPSA) is 70.1 Å². The van der Waals surface area contributed by atoms with Gasteiger partial charge in [0, 0.05) is 18.9 Å². The van der Waals surface area contributed by atoms with Crippen LogP contribution in [-0.2, 0) is 18.4 Å². The van der Waals surface area contributed by atoms with Crippen molar-refractivity contribution in [2.24, 2.45) is 7.05 Å². The van der Waals surface area contributed by atoms with Crippen molar-refractivity contribution in [3.8, 4) is 0 Å². The highest BCUT2D eigenvalue weighted by atomic mass is 16.5. The Balaban J connectivity index is 1.98. The summed E-state index contributed by atoms with van der Waals surface area (Å²) in [4.78, 5) is 11.7. The predicted octanol–water partition coefficient (Wildman–Crippen LogP) is 1.36. The van der Waals surface area contributed by atoms with Crippen LogP contribution in [0.2, 0.25) is 0 Å². The van der Waals surface area contributed by atoms with E-state index in [0.29, 0.717) is 16.9 Å². The highest BCUT2D eigenvalue weighted by molar-refractivity contribution is 5.90. The van der Waals surface area contributed by atoms with E-state index in [9.17, 15) is 4.79 Å². The standard InChI is InChI=1S/C12H13N3O2/c1-15-6-5-11(14-15)8-17-12(16)9-3-2-4-10(13)7-9/h2-7H,8,13H2,1H3. The van der Waals surface area contributed by atoms with Gasteiger partial charge in [0.1, 0.15) is 6.61 Å². The van der Waals surface area contributed by atoms with Gasteiger partial charge in [-0.15, -0.1) is 0 Å². The summed E-state index contributed by atoms with van der Waals surface area (Å²) in [6.45, 7) is 0.161. The first-order chi connectivity index (χ1) is 8.15. The summed E-state index contributed by atoms with van der Waals surface area (Å²) in [5.74, 6) is -0.400. The number of aryl methyl sites for hydroxylation is 1. The molecule has 0 radical (unpaired) electrons. The second-order valence-electron chi connectivity index (χ2n) is 3.68. The molecule has 0 aliphatic heterocycles. The maximum atomic E-state index is 11.7. The van der Waals surface area contributed by atoms with E-state index in [1.54, 1.807) is 41.2 Å². The number of rotatable bonds is 3. The summed E-state index contributed by atoms with van der Waals surface area (Å²) in [5.41, 5.74) is 7.28. The Morgan fingerprint density at radius 2 is 2.29 bits per heavy atom. The maximum absolute atomic E-state index is 11.7. The molecule has 5 nitrogen and oxygen atoms in total. The molecule has 2 rings (SSSR count). The molecule has 88 valence electrons. The van der Waals surface area contributed by atoms with Crippen LogP contribution in [0.4, 0.5) is 5.69 Å². The molecule has 5 heteroatoms. The Morgan fingerprint density at radius 3 is 2.94 bits per heavy atom. The van der Waals surface area contributed by atoms with Crippen LogP contribution in [0, 0.1) is 0 Å². The molecule has 0 atom stereocenters. The minimum Gasteiger partial charge on any atom is -0.456 e. The fourth-order valence-corrected chi connectivity index (χ4v) is 1.43. The summed E-state index contributed by atoms with van der Waals surface area (Å²) in [6.07, 6.45) is 1.80. The molecule has 1 heterocycles. The van der Waals surface area contributed by atoms with Crippen LogP contribution in [0.25, 0.3) is 0 Å².